The van der Waals surface area contributed by atoms with E-state index in [1.165, 1.54) is 19.3 Å². The van der Waals surface area contributed by atoms with Gasteiger partial charge in [0.15, 0.2) is 0 Å². The zero-order valence-corrected chi connectivity index (χ0v) is 11.6. The standard InChI is InChI=1S/C15H30/c1-7-10(3)13(6)14-9-12(5)15(14)11(4)8-2/h10-15H,7-9H2,1-6H3. The third kappa shape index (κ3) is 2.57. The van der Waals surface area contributed by atoms with Crippen molar-refractivity contribution in [3.8, 4) is 0 Å². The summed E-state index contributed by atoms with van der Waals surface area (Å²) in [4.78, 5) is 0. The fraction of sp³-hybridized carbons (Fsp3) is 1.00. The maximum atomic E-state index is 2.49. The summed E-state index contributed by atoms with van der Waals surface area (Å²) in [5.41, 5.74) is 0. The Balaban J connectivity index is 2.56. The van der Waals surface area contributed by atoms with Crippen LogP contribution in [0, 0.1) is 35.5 Å². The first-order chi connectivity index (χ1) is 7.02. The second-order valence-electron chi connectivity index (χ2n) is 6.08. The Hall–Kier alpha value is 0. The van der Waals surface area contributed by atoms with E-state index in [0.29, 0.717) is 0 Å². The molecule has 0 N–H and O–H groups in total. The van der Waals surface area contributed by atoms with E-state index in [1.54, 1.807) is 0 Å². The molecule has 6 atom stereocenters. The van der Waals surface area contributed by atoms with Gasteiger partial charge in [-0.25, -0.2) is 0 Å². The van der Waals surface area contributed by atoms with Crippen molar-refractivity contribution in [2.75, 3.05) is 0 Å². The first kappa shape index (κ1) is 13.1. The van der Waals surface area contributed by atoms with Gasteiger partial charge < -0.3 is 0 Å². The molecule has 0 heterocycles. The van der Waals surface area contributed by atoms with E-state index in [2.05, 4.69) is 41.5 Å². The normalized spacial score (nSPS) is 36.8. The lowest BCUT2D eigenvalue weighted by Crippen LogP contribution is -2.44. The smallest absolute Gasteiger partial charge is 0.0332 e. The highest BCUT2D eigenvalue weighted by atomic mass is 14.5. The van der Waals surface area contributed by atoms with Crippen LogP contribution in [0.5, 0.6) is 0 Å². The van der Waals surface area contributed by atoms with Crippen molar-refractivity contribution in [3.05, 3.63) is 0 Å². The Morgan fingerprint density at radius 1 is 1.07 bits per heavy atom. The minimum absolute atomic E-state index is 0.911. The number of rotatable bonds is 5. The predicted molar refractivity (Wildman–Crippen MR) is 68.8 cm³/mol. The first-order valence-electron chi connectivity index (χ1n) is 7.02. The molecule has 0 amide bonds. The molecule has 1 rings (SSSR count). The van der Waals surface area contributed by atoms with Crippen molar-refractivity contribution >= 4 is 0 Å². The molecule has 0 spiro atoms. The summed E-state index contributed by atoms with van der Waals surface area (Å²) in [6, 6.07) is 0. The van der Waals surface area contributed by atoms with E-state index in [-0.39, 0.29) is 0 Å². The van der Waals surface area contributed by atoms with Gasteiger partial charge in [-0.05, 0) is 41.9 Å². The van der Waals surface area contributed by atoms with Gasteiger partial charge in [0.25, 0.3) is 0 Å². The van der Waals surface area contributed by atoms with E-state index in [0.717, 1.165) is 35.5 Å². The summed E-state index contributed by atoms with van der Waals surface area (Å²) >= 11 is 0. The molecular formula is C15H30. The summed E-state index contributed by atoms with van der Waals surface area (Å²) < 4.78 is 0. The van der Waals surface area contributed by atoms with Crippen molar-refractivity contribution in [3.63, 3.8) is 0 Å². The summed E-state index contributed by atoms with van der Waals surface area (Å²) in [7, 11) is 0. The average molecular weight is 210 g/mol. The minimum Gasteiger partial charge on any atom is -0.0651 e. The monoisotopic (exact) mass is 210 g/mol. The van der Waals surface area contributed by atoms with Crippen LogP contribution in [0.2, 0.25) is 0 Å². The van der Waals surface area contributed by atoms with Crippen molar-refractivity contribution in [1.82, 2.24) is 0 Å². The molecule has 1 fully saturated rings. The van der Waals surface area contributed by atoms with Gasteiger partial charge in [-0.2, -0.15) is 0 Å². The van der Waals surface area contributed by atoms with E-state index in [4.69, 9.17) is 0 Å². The molecule has 1 saturated carbocycles. The Morgan fingerprint density at radius 2 is 1.67 bits per heavy atom. The van der Waals surface area contributed by atoms with Crippen LogP contribution in [0.1, 0.15) is 60.8 Å². The van der Waals surface area contributed by atoms with E-state index in [1.807, 2.05) is 0 Å². The summed E-state index contributed by atoms with van der Waals surface area (Å²) in [6.07, 6.45) is 4.19. The SMILES string of the molecule is CCC(C)C(C)C1CC(C)C1C(C)CC. The quantitative estimate of drug-likeness (QED) is 0.600. The van der Waals surface area contributed by atoms with Gasteiger partial charge >= 0.3 is 0 Å². The van der Waals surface area contributed by atoms with E-state index in [9.17, 15) is 0 Å². The third-order valence-corrected chi connectivity index (χ3v) is 5.31. The summed E-state index contributed by atoms with van der Waals surface area (Å²) in [6.45, 7) is 14.5. The molecule has 1 aliphatic carbocycles. The average Bonchev–Trinajstić information content (AvgIpc) is 2.23. The maximum absolute atomic E-state index is 2.49. The zero-order chi connectivity index (χ0) is 11.6. The Kier molecular flexibility index (Phi) is 4.67. The fourth-order valence-corrected chi connectivity index (χ4v) is 3.58. The lowest BCUT2D eigenvalue weighted by Gasteiger charge is -2.51. The molecule has 0 bridgehead atoms. The van der Waals surface area contributed by atoms with Gasteiger partial charge in [-0.1, -0.05) is 54.4 Å². The number of hydrogen-bond acceptors (Lipinski definition) is 0. The molecular weight excluding hydrogens is 180 g/mol. The van der Waals surface area contributed by atoms with Gasteiger partial charge in [0.2, 0.25) is 0 Å². The topological polar surface area (TPSA) is 0 Å². The first-order valence-corrected chi connectivity index (χ1v) is 7.02. The van der Waals surface area contributed by atoms with Crippen LogP contribution >= 0.6 is 0 Å². The van der Waals surface area contributed by atoms with Crippen LogP contribution in [-0.2, 0) is 0 Å². The second-order valence-corrected chi connectivity index (χ2v) is 6.08. The molecule has 0 nitrogen and oxygen atoms in total. The lowest BCUT2D eigenvalue weighted by molar-refractivity contribution is -0.0178. The highest BCUT2D eigenvalue weighted by Gasteiger charge is 2.43. The van der Waals surface area contributed by atoms with Crippen LogP contribution in [0.15, 0.2) is 0 Å². The molecule has 6 unspecified atom stereocenters. The van der Waals surface area contributed by atoms with Crippen molar-refractivity contribution < 1.29 is 0 Å². The largest absolute Gasteiger partial charge is 0.0651 e. The predicted octanol–water partition coefficient (Wildman–Crippen LogP) is 4.99. The molecule has 0 aromatic heterocycles. The molecule has 90 valence electrons. The van der Waals surface area contributed by atoms with Crippen LogP contribution in [0.25, 0.3) is 0 Å². The summed E-state index contributed by atoms with van der Waals surface area (Å²) in [5.74, 6) is 5.80. The van der Waals surface area contributed by atoms with Crippen LogP contribution in [0.3, 0.4) is 0 Å². The molecule has 0 aromatic carbocycles. The highest BCUT2D eigenvalue weighted by molar-refractivity contribution is 4.92. The Labute approximate surface area is 96.8 Å². The van der Waals surface area contributed by atoms with E-state index < -0.39 is 0 Å². The van der Waals surface area contributed by atoms with E-state index >= 15 is 0 Å². The maximum Gasteiger partial charge on any atom is -0.0332 e. The summed E-state index contributed by atoms with van der Waals surface area (Å²) in [5, 5.41) is 0. The molecule has 0 heteroatoms. The third-order valence-electron chi connectivity index (χ3n) is 5.31. The Bertz CT molecular complexity index is 184. The molecule has 0 radical (unpaired) electrons. The van der Waals surface area contributed by atoms with Crippen LogP contribution in [0.4, 0.5) is 0 Å². The molecule has 1 aliphatic rings. The molecule has 0 aliphatic heterocycles. The second kappa shape index (κ2) is 5.37. The van der Waals surface area contributed by atoms with Gasteiger partial charge in [0.05, 0.1) is 0 Å². The highest BCUT2D eigenvalue weighted by Crippen LogP contribution is 2.51. The van der Waals surface area contributed by atoms with Crippen LogP contribution in [-0.4, -0.2) is 0 Å². The Morgan fingerprint density at radius 3 is 2.07 bits per heavy atom. The molecule has 15 heavy (non-hydrogen) atoms. The van der Waals surface area contributed by atoms with Gasteiger partial charge in [0.1, 0.15) is 0 Å². The molecule has 0 aromatic rings. The fourth-order valence-electron chi connectivity index (χ4n) is 3.58. The van der Waals surface area contributed by atoms with Gasteiger partial charge in [-0.15, -0.1) is 0 Å². The molecule has 0 saturated heterocycles. The van der Waals surface area contributed by atoms with Crippen molar-refractivity contribution in [1.29, 1.82) is 0 Å². The van der Waals surface area contributed by atoms with Gasteiger partial charge in [-0.3, -0.25) is 0 Å². The van der Waals surface area contributed by atoms with Gasteiger partial charge in [0, 0.05) is 0 Å². The zero-order valence-electron chi connectivity index (χ0n) is 11.6. The van der Waals surface area contributed by atoms with Crippen LogP contribution < -0.4 is 0 Å². The number of hydrogen-bond donors (Lipinski definition) is 0. The van der Waals surface area contributed by atoms with Crippen molar-refractivity contribution in [2.24, 2.45) is 35.5 Å². The van der Waals surface area contributed by atoms with Crippen molar-refractivity contribution in [2.45, 2.75) is 60.8 Å². The lowest BCUT2D eigenvalue weighted by atomic mass is 9.55. The minimum atomic E-state index is 0.911.